The van der Waals surface area contributed by atoms with E-state index in [1.54, 1.807) is 6.07 Å². The van der Waals surface area contributed by atoms with E-state index in [1.807, 2.05) is 0 Å². The maximum Gasteiger partial charge on any atom is 0.165 e. The van der Waals surface area contributed by atoms with Crippen LogP contribution in [0.25, 0.3) is 0 Å². The van der Waals surface area contributed by atoms with E-state index in [0.717, 1.165) is 6.07 Å². The van der Waals surface area contributed by atoms with Gasteiger partial charge in [-0.2, -0.15) is 0 Å². The number of hydrogen-bond acceptors (Lipinski definition) is 2. The van der Waals surface area contributed by atoms with Crippen LogP contribution in [-0.4, -0.2) is 12.2 Å². The molecule has 0 bridgehead atoms. The van der Waals surface area contributed by atoms with E-state index in [1.165, 1.54) is 31.4 Å². The van der Waals surface area contributed by atoms with Gasteiger partial charge in [-0.15, -0.1) is 0 Å². The first kappa shape index (κ1) is 14.8. The molecule has 0 fully saturated rings. The molecule has 1 atom stereocenters. The molecule has 0 aliphatic heterocycles. The van der Waals surface area contributed by atoms with Gasteiger partial charge < -0.3 is 9.84 Å². The molecular weight excluding hydrogens is 286 g/mol. The molecular formula is C15H13ClF2O2. The van der Waals surface area contributed by atoms with Crippen molar-refractivity contribution < 1.29 is 18.6 Å². The van der Waals surface area contributed by atoms with Crippen LogP contribution in [0, 0.1) is 11.6 Å². The van der Waals surface area contributed by atoms with Crippen molar-refractivity contribution in [1.29, 1.82) is 0 Å². The summed E-state index contributed by atoms with van der Waals surface area (Å²) in [7, 11) is 1.35. The van der Waals surface area contributed by atoms with E-state index >= 15 is 0 Å². The Bertz CT molecular complexity index is 597. The lowest BCUT2D eigenvalue weighted by Crippen LogP contribution is -2.05. The molecule has 0 aliphatic carbocycles. The van der Waals surface area contributed by atoms with Crippen LogP contribution in [0.3, 0.4) is 0 Å². The highest BCUT2D eigenvalue weighted by molar-refractivity contribution is 6.31. The molecule has 2 aromatic carbocycles. The number of methoxy groups -OCH3 is 1. The minimum Gasteiger partial charge on any atom is -0.494 e. The summed E-state index contributed by atoms with van der Waals surface area (Å²) in [5, 5.41) is 10.3. The molecule has 0 amide bonds. The van der Waals surface area contributed by atoms with Crippen LogP contribution in [0.15, 0.2) is 36.4 Å². The molecule has 2 aromatic rings. The third-order valence-electron chi connectivity index (χ3n) is 3.02. The first-order chi connectivity index (χ1) is 9.52. The number of aliphatic hydroxyl groups is 1. The highest BCUT2D eigenvalue weighted by Gasteiger charge is 2.16. The van der Waals surface area contributed by atoms with Gasteiger partial charge >= 0.3 is 0 Å². The van der Waals surface area contributed by atoms with Crippen molar-refractivity contribution in [2.45, 2.75) is 12.5 Å². The zero-order valence-corrected chi connectivity index (χ0v) is 11.5. The van der Waals surface area contributed by atoms with Crippen molar-refractivity contribution in [2.24, 2.45) is 0 Å². The Morgan fingerprint density at radius 1 is 1.20 bits per heavy atom. The second-order valence-electron chi connectivity index (χ2n) is 4.31. The molecule has 0 heterocycles. The molecule has 2 nitrogen and oxygen atoms in total. The Morgan fingerprint density at radius 2 is 1.95 bits per heavy atom. The predicted octanol–water partition coefficient (Wildman–Crippen LogP) is 3.90. The second-order valence-corrected chi connectivity index (χ2v) is 4.72. The largest absolute Gasteiger partial charge is 0.494 e. The summed E-state index contributed by atoms with van der Waals surface area (Å²) in [6, 6.07) is 8.40. The topological polar surface area (TPSA) is 29.5 Å². The van der Waals surface area contributed by atoms with Crippen molar-refractivity contribution in [3.8, 4) is 5.75 Å². The van der Waals surface area contributed by atoms with Crippen LogP contribution in [-0.2, 0) is 6.42 Å². The first-order valence-electron chi connectivity index (χ1n) is 5.97. The summed E-state index contributed by atoms with van der Waals surface area (Å²) in [4.78, 5) is 0. The Morgan fingerprint density at radius 3 is 2.55 bits per heavy atom. The lowest BCUT2D eigenvalue weighted by molar-refractivity contribution is 0.176. The minimum absolute atomic E-state index is 0.0305. The number of ether oxygens (including phenoxy) is 1. The fraction of sp³-hybridized carbons (Fsp3) is 0.200. The highest BCUT2D eigenvalue weighted by atomic mass is 35.5. The van der Waals surface area contributed by atoms with E-state index in [9.17, 15) is 13.9 Å². The molecule has 0 aliphatic rings. The van der Waals surface area contributed by atoms with Gasteiger partial charge in [-0.25, -0.2) is 8.78 Å². The first-order valence-corrected chi connectivity index (χ1v) is 6.35. The maximum atomic E-state index is 13.6. The van der Waals surface area contributed by atoms with E-state index in [2.05, 4.69) is 0 Å². The van der Waals surface area contributed by atoms with Crippen LogP contribution in [0.4, 0.5) is 8.78 Å². The average Bonchev–Trinajstić information content (AvgIpc) is 2.42. The van der Waals surface area contributed by atoms with Crippen molar-refractivity contribution in [3.05, 3.63) is 64.2 Å². The SMILES string of the molecule is COc1ccc(C(O)Cc2c(F)cccc2Cl)cc1F. The van der Waals surface area contributed by atoms with Crippen molar-refractivity contribution >= 4 is 11.6 Å². The monoisotopic (exact) mass is 298 g/mol. The molecule has 5 heteroatoms. The smallest absolute Gasteiger partial charge is 0.165 e. The maximum absolute atomic E-state index is 13.6. The number of hydrogen-bond donors (Lipinski definition) is 1. The van der Waals surface area contributed by atoms with Crippen LogP contribution in [0.1, 0.15) is 17.2 Å². The summed E-state index contributed by atoms with van der Waals surface area (Å²) in [5.41, 5.74) is 0.542. The van der Waals surface area contributed by atoms with Gasteiger partial charge in [0.2, 0.25) is 0 Å². The third kappa shape index (κ3) is 3.08. The summed E-state index contributed by atoms with van der Waals surface area (Å²) >= 11 is 5.89. The van der Waals surface area contributed by atoms with Gasteiger partial charge in [0.25, 0.3) is 0 Å². The van der Waals surface area contributed by atoms with Gasteiger partial charge in [-0.05, 0) is 29.8 Å². The highest BCUT2D eigenvalue weighted by Crippen LogP contribution is 2.27. The zero-order chi connectivity index (χ0) is 14.7. The van der Waals surface area contributed by atoms with Gasteiger partial charge in [-0.1, -0.05) is 23.7 Å². The summed E-state index contributed by atoms with van der Waals surface area (Å²) < 4.78 is 32.0. The molecule has 0 aromatic heterocycles. The molecule has 0 saturated carbocycles. The molecule has 106 valence electrons. The molecule has 1 unspecified atom stereocenters. The van der Waals surface area contributed by atoms with E-state index in [4.69, 9.17) is 16.3 Å². The lowest BCUT2D eigenvalue weighted by Gasteiger charge is -2.14. The molecule has 2 rings (SSSR count). The number of rotatable bonds is 4. The van der Waals surface area contributed by atoms with Crippen molar-refractivity contribution in [1.82, 2.24) is 0 Å². The minimum atomic E-state index is -1.05. The number of aliphatic hydroxyl groups excluding tert-OH is 1. The third-order valence-corrected chi connectivity index (χ3v) is 3.37. The Hall–Kier alpha value is -1.65. The summed E-state index contributed by atoms with van der Waals surface area (Å²) in [5.74, 6) is -0.987. The summed E-state index contributed by atoms with van der Waals surface area (Å²) in [6.07, 6.45) is -1.08. The van der Waals surface area contributed by atoms with Gasteiger partial charge in [-0.3, -0.25) is 0 Å². The van der Waals surface area contributed by atoms with Gasteiger partial charge in [0.05, 0.1) is 13.2 Å². The van der Waals surface area contributed by atoms with E-state index in [0.29, 0.717) is 5.56 Å². The van der Waals surface area contributed by atoms with E-state index in [-0.39, 0.29) is 22.8 Å². The Labute approximate surface area is 120 Å². The van der Waals surface area contributed by atoms with Crippen LogP contribution >= 0.6 is 11.6 Å². The summed E-state index contributed by atoms with van der Waals surface area (Å²) in [6.45, 7) is 0. The zero-order valence-electron chi connectivity index (χ0n) is 10.7. The van der Waals surface area contributed by atoms with Gasteiger partial charge in [0.1, 0.15) is 5.82 Å². The molecule has 0 spiro atoms. The number of benzene rings is 2. The predicted molar refractivity (Wildman–Crippen MR) is 73.0 cm³/mol. The molecule has 0 saturated heterocycles. The van der Waals surface area contributed by atoms with Gasteiger partial charge in [0.15, 0.2) is 11.6 Å². The lowest BCUT2D eigenvalue weighted by atomic mass is 10.0. The van der Waals surface area contributed by atoms with Gasteiger partial charge in [0, 0.05) is 17.0 Å². The van der Waals surface area contributed by atoms with Crippen LogP contribution < -0.4 is 4.74 Å². The van der Waals surface area contributed by atoms with E-state index < -0.39 is 17.7 Å². The normalized spacial score (nSPS) is 12.2. The van der Waals surface area contributed by atoms with Crippen molar-refractivity contribution in [2.75, 3.05) is 7.11 Å². The average molecular weight is 299 g/mol. The fourth-order valence-corrected chi connectivity index (χ4v) is 2.17. The molecule has 1 N–H and O–H groups in total. The quantitative estimate of drug-likeness (QED) is 0.927. The standard InChI is InChI=1S/C15H13ClF2O2/c1-20-15-6-5-9(7-13(15)18)14(19)8-10-11(16)3-2-4-12(10)17/h2-7,14,19H,8H2,1H3. The Kier molecular flexibility index (Phi) is 4.57. The fourth-order valence-electron chi connectivity index (χ4n) is 1.93. The number of halogens is 3. The Balaban J connectivity index is 2.24. The van der Waals surface area contributed by atoms with Crippen molar-refractivity contribution in [3.63, 3.8) is 0 Å². The second kappa shape index (κ2) is 6.20. The van der Waals surface area contributed by atoms with Crippen LogP contribution in [0.2, 0.25) is 5.02 Å². The molecule has 20 heavy (non-hydrogen) atoms. The molecule has 0 radical (unpaired) electrons. The van der Waals surface area contributed by atoms with Crippen LogP contribution in [0.5, 0.6) is 5.75 Å².